The summed E-state index contributed by atoms with van der Waals surface area (Å²) in [5, 5.41) is 0. The fraction of sp³-hybridized carbons (Fsp3) is 0.391. The number of carbonyl (C=O) groups excluding carboxylic acids is 2. The normalized spacial score (nSPS) is 16.6. The molecule has 0 unspecified atom stereocenters. The Morgan fingerprint density at radius 3 is 2.43 bits per heavy atom. The van der Waals surface area contributed by atoms with Gasteiger partial charge in [0.25, 0.3) is 5.91 Å². The molecule has 0 radical (unpaired) electrons. The number of ether oxygens (including phenoxy) is 3. The van der Waals surface area contributed by atoms with Gasteiger partial charge in [-0.25, -0.2) is 0 Å². The Morgan fingerprint density at radius 2 is 1.70 bits per heavy atom. The molecule has 2 N–H and O–H groups in total. The maximum Gasteiger partial charge on any atom is 0.269 e. The van der Waals surface area contributed by atoms with Gasteiger partial charge in [0, 0.05) is 5.56 Å². The lowest BCUT2D eigenvalue weighted by atomic mass is 9.69. The van der Waals surface area contributed by atoms with Gasteiger partial charge in [0.2, 0.25) is 12.7 Å². The summed E-state index contributed by atoms with van der Waals surface area (Å²) in [7, 11) is 0. The summed E-state index contributed by atoms with van der Waals surface area (Å²) in [6.07, 6.45) is 4.44. The average molecular weight is 410 g/mol. The van der Waals surface area contributed by atoms with Gasteiger partial charge in [-0.1, -0.05) is 25.3 Å². The fourth-order valence-corrected chi connectivity index (χ4v) is 4.17. The second kappa shape index (κ2) is 8.65. The lowest BCUT2D eigenvalue weighted by Crippen LogP contribution is -2.52. The number of carbonyl (C=O) groups is 2. The molecule has 0 aromatic heterocycles. The number of hydrogen-bond donors (Lipinski definition) is 2. The molecule has 2 aromatic rings. The highest BCUT2D eigenvalue weighted by Crippen LogP contribution is 2.43. The molecule has 0 bridgehead atoms. The Hall–Kier alpha value is -3.22. The van der Waals surface area contributed by atoms with Crippen molar-refractivity contribution in [3.63, 3.8) is 0 Å². The molecule has 1 aliphatic heterocycles. The lowest BCUT2D eigenvalue weighted by Gasteiger charge is -2.36. The number of amides is 2. The highest BCUT2D eigenvalue weighted by molar-refractivity contribution is 5.97. The minimum absolute atomic E-state index is 0.191. The summed E-state index contributed by atoms with van der Waals surface area (Å²) in [5.41, 5.74) is 5.84. The third-order valence-electron chi connectivity index (χ3n) is 5.78. The molecule has 1 saturated carbocycles. The Balaban J connectivity index is 1.48. The van der Waals surface area contributed by atoms with Crippen LogP contribution < -0.4 is 25.1 Å². The molecule has 2 aliphatic rings. The minimum atomic E-state index is -0.703. The van der Waals surface area contributed by atoms with Crippen LogP contribution in [0, 0.1) is 0 Å². The highest BCUT2D eigenvalue weighted by atomic mass is 16.7. The first kappa shape index (κ1) is 20.1. The average Bonchev–Trinajstić information content (AvgIpc) is 3.26. The number of hydrogen-bond acceptors (Lipinski definition) is 5. The van der Waals surface area contributed by atoms with Crippen molar-refractivity contribution in [1.82, 2.24) is 10.9 Å². The molecular formula is C23H26N2O5. The Bertz CT molecular complexity index is 920. The van der Waals surface area contributed by atoms with Gasteiger partial charge in [0.05, 0.1) is 12.0 Å². The van der Waals surface area contributed by atoms with Gasteiger partial charge in [-0.15, -0.1) is 0 Å². The lowest BCUT2D eigenvalue weighted by molar-refractivity contribution is -0.128. The van der Waals surface area contributed by atoms with Crippen LogP contribution in [0.4, 0.5) is 0 Å². The number of hydrazine groups is 1. The fourth-order valence-electron chi connectivity index (χ4n) is 4.17. The smallest absolute Gasteiger partial charge is 0.269 e. The first-order valence-electron chi connectivity index (χ1n) is 10.4. The molecule has 7 nitrogen and oxygen atoms in total. The van der Waals surface area contributed by atoms with E-state index in [4.69, 9.17) is 14.2 Å². The van der Waals surface area contributed by atoms with Crippen LogP contribution in [-0.2, 0) is 10.2 Å². The predicted octanol–water partition coefficient (Wildman–Crippen LogP) is 3.48. The van der Waals surface area contributed by atoms with Crippen LogP contribution in [0.2, 0.25) is 0 Å². The van der Waals surface area contributed by atoms with Gasteiger partial charge in [-0.05, 0) is 61.7 Å². The number of nitrogens with one attached hydrogen (secondary N) is 2. The van der Waals surface area contributed by atoms with Gasteiger partial charge in [-0.3, -0.25) is 20.4 Å². The predicted molar refractivity (Wildman–Crippen MR) is 111 cm³/mol. The van der Waals surface area contributed by atoms with Gasteiger partial charge in [0.15, 0.2) is 11.5 Å². The number of benzene rings is 2. The van der Waals surface area contributed by atoms with Gasteiger partial charge < -0.3 is 14.2 Å². The third kappa shape index (κ3) is 3.92. The van der Waals surface area contributed by atoms with E-state index in [1.165, 1.54) is 0 Å². The van der Waals surface area contributed by atoms with Crippen LogP contribution in [0.1, 0.15) is 54.9 Å². The largest absolute Gasteiger partial charge is 0.494 e. The van der Waals surface area contributed by atoms with E-state index in [0.29, 0.717) is 29.4 Å². The van der Waals surface area contributed by atoms with Crippen molar-refractivity contribution in [2.75, 3.05) is 13.4 Å². The van der Waals surface area contributed by atoms with E-state index >= 15 is 0 Å². The molecule has 0 spiro atoms. The minimum Gasteiger partial charge on any atom is -0.494 e. The zero-order valence-electron chi connectivity index (χ0n) is 17.0. The van der Waals surface area contributed by atoms with Crippen molar-refractivity contribution in [3.8, 4) is 17.2 Å². The molecule has 1 heterocycles. The van der Waals surface area contributed by atoms with Crippen molar-refractivity contribution in [1.29, 1.82) is 0 Å². The maximum atomic E-state index is 13.3. The molecule has 0 atom stereocenters. The van der Waals surface area contributed by atoms with Crippen LogP contribution in [0.25, 0.3) is 0 Å². The SMILES string of the molecule is CCOc1ccc(C(=O)NNC(=O)C2(c3ccc4c(c3)OCO4)CCCCC2)cc1. The summed E-state index contributed by atoms with van der Waals surface area (Å²) in [5.74, 6) is 1.46. The molecule has 0 saturated heterocycles. The van der Waals surface area contributed by atoms with Crippen LogP contribution in [0.15, 0.2) is 42.5 Å². The third-order valence-corrected chi connectivity index (χ3v) is 5.78. The van der Waals surface area contributed by atoms with Crippen molar-refractivity contribution < 1.29 is 23.8 Å². The molecule has 158 valence electrons. The second-order valence-electron chi connectivity index (χ2n) is 7.58. The zero-order chi connectivity index (χ0) is 21.0. The molecule has 2 aromatic carbocycles. The van der Waals surface area contributed by atoms with Gasteiger partial charge in [-0.2, -0.15) is 0 Å². The summed E-state index contributed by atoms with van der Waals surface area (Å²) >= 11 is 0. The quantitative estimate of drug-likeness (QED) is 0.737. The topological polar surface area (TPSA) is 85.9 Å². The molecular weight excluding hydrogens is 384 g/mol. The van der Waals surface area contributed by atoms with Crippen molar-refractivity contribution in [2.24, 2.45) is 0 Å². The summed E-state index contributed by atoms with van der Waals surface area (Å²) in [6.45, 7) is 2.65. The Labute approximate surface area is 175 Å². The van der Waals surface area contributed by atoms with Crippen molar-refractivity contribution in [3.05, 3.63) is 53.6 Å². The molecule has 30 heavy (non-hydrogen) atoms. The Kier molecular flexibility index (Phi) is 5.79. The second-order valence-corrected chi connectivity index (χ2v) is 7.58. The van der Waals surface area contributed by atoms with E-state index in [-0.39, 0.29) is 18.6 Å². The van der Waals surface area contributed by atoms with E-state index in [9.17, 15) is 9.59 Å². The van der Waals surface area contributed by atoms with E-state index < -0.39 is 5.41 Å². The zero-order valence-corrected chi connectivity index (χ0v) is 17.0. The van der Waals surface area contributed by atoms with Crippen molar-refractivity contribution in [2.45, 2.75) is 44.4 Å². The highest BCUT2D eigenvalue weighted by Gasteiger charge is 2.42. The van der Waals surface area contributed by atoms with Crippen LogP contribution in [0.3, 0.4) is 0 Å². The van der Waals surface area contributed by atoms with Crippen LogP contribution >= 0.6 is 0 Å². The standard InChI is InChI=1S/C23H26N2O5/c1-2-28-18-9-6-16(7-10-18)21(26)24-25-22(27)23(12-4-3-5-13-23)17-8-11-19-20(14-17)30-15-29-19/h6-11,14H,2-5,12-13,15H2,1H3,(H,24,26)(H,25,27). The van der Waals surface area contributed by atoms with Gasteiger partial charge >= 0.3 is 0 Å². The number of fused-ring (bicyclic) bond motifs is 1. The monoisotopic (exact) mass is 410 g/mol. The summed E-state index contributed by atoms with van der Waals surface area (Å²) in [6, 6.07) is 12.5. The molecule has 4 rings (SSSR count). The van der Waals surface area contributed by atoms with E-state index in [1.807, 2.05) is 25.1 Å². The van der Waals surface area contributed by atoms with Crippen molar-refractivity contribution >= 4 is 11.8 Å². The van der Waals surface area contributed by atoms with E-state index in [2.05, 4.69) is 10.9 Å². The summed E-state index contributed by atoms with van der Waals surface area (Å²) in [4.78, 5) is 25.8. The number of rotatable bonds is 5. The van der Waals surface area contributed by atoms with E-state index in [0.717, 1.165) is 37.7 Å². The molecule has 7 heteroatoms. The summed E-state index contributed by atoms with van der Waals surface area (Å²) < 4.78 is 16.3. The first-order valence-corrected chi connectivity index (χ1v) is 10.4. The molecule has 2 amide bonds. The van der Waals surface area contributed by atoms with E-state index in [1.54, 1.807) is 24.3 Å². The molecule has 1 aliphatic carbocycles. The van der Waals surface area contributed by atoms with Crippen LogP contribution in [0.5, 0.6) is 17.2 Å². The van der Waals surface area contributed by atoms with Crippen LogP contribution in [-0.4, -0.2) is 25.2 Å². The molecule has 1 fully saturated rings. The Morgan fingerprint density at radius 1 is 0.967 bits per heavy atom. The maximum absolute atomic E-state index is 13.3. The first-order chi connectivity index (χ1) is 14.6. The van der Waals surface area contributed by atoms with Gasteiger partial charge in [0.1, 0.15) is 5.75 Å².